The first-order valence-electron chi connectivity index (χ1n) is 9.54. The van der Waals surface area contributed by atoms with E-state index in [1.807, 2.05) is 12.1 Å². The molecule has 0 aliphatic rings. The molecule has 2 rings (SSSR count). The van der Waals surface area contributed by atoms with E-state index in [4.69, 9.17) is 21.7 Å². The smallest absolute Gasteiger partial charge is 0.276 e. The van der Waals surface area contributed by atoms with Gasteiger partial charge in [0.05, 0.1) is 4.92 Å². The van der Waals surface area contributed by atoms with E-state index in [9.17, 15) is 19.7 Å². The van der Waals surface area contributed by atoms with Crippen LogP contribution in [0.2, 0.25) is 0 Å². The van der Waals surface area contributed by atoms with E-state index in [2.05, 4.69) is 36.9 Å². The van der Waals surface area contributed by atoms with Gasteiger partial charge in [-0.1, -0.05) is 32.9 Å². The molecule has 0 saturated carbocycles. The second-order valence-electron chi connectivity index (χ2n) is 7.65. The van der Waals surface area contributed by atoms with Gasteiger partial charge in [-0.25, -0.2) is 0 Å². The Kier molecular flexibility index (Phi) is 8.47. The SMILES string of the molecule is CC(C)(C)c1ccc(OCC(=O)NC(=S)NNC(=O)COc2ccc([N+](=O)[O-])cc2)cc1. The second kappa shape index (κ2) is 11.0. The maximum Gasteiger partial charge on any atom is 0.276 e. The Hall–Kier alpha value is -3.73. The summed E-state index contributed by atoms with van der Waals surface area (Å²) in [6, 6.07) is 12.7. The summed E-state index contributed by atoms with van der Waals surface area (Å²) < 4.78 is 10.6. The second-order valence-corrected chi connectivity index (χ2v) is 8.06. The largest absolute Gasteiger partial charge is 0.484 e. The predicted molar refractivity (Wildman–Crippen MR) is 121 cm³/mol. The molecule has 0 atom stereocenters. The summed E-state index contributed by atoms with van der Waals surface area (Å²) in [6.07, 6.45) is 0. The molecule has 0 aliphatic heterocycles. The van der Waals surface area contributed by atoms with Crippen molar-refractivity contribution in [3.05, 3.63) is 64.2 Å². The van der Waals surface area contributed by atoms with E-state index in [0.29, 0.717) is 5.75 Å². The van der Waals surface area contributed by atoms with Crippen molar-refractivity contribution in [1.82, 2.24) is 16.2 Å². The summed E-state index contributed by atoms with van der Waals surface area (Å²) in [5.41, 5.74) is 5.71. The molecule has 0 saturated heterocycles. The molecule has 0 unspecified atom stereocenters. The number of nitro groups is 1. The number of thiocarbonyl (C=S) groups is 1. The van der Waals surface area contributed by atoms with Gasteiger partial charge >= 0.3 is 0 Å². The van der Waals surface area contributed by atoms with Crippen LogP contribution in [-0.4, -0.2) is 35.1 Å². The molecular weight excluding hydrogens is 436 g/mol. The first-order valence-corrected chi connectivity index (χ1v) is 9.94. The molecule has 0 aromatic heterocycles. The van der Waals surface area contributed by atoms with Crippen LogP contribution in [0.3, 0.4) is 0 Å². The Labute approximate surface area is 190 Å². The Morgan fingerprint density at radius 3 is 1.91 bits per heavy atom. The summed E-state index contributed by atoms with van der Waals surface area (Å²) >= 11 is 4.94. The number of non-ortho nitro benzene ring substituents is 1. The Balaban J connectivity index is 1.66. The van der Waals surface area contributed by atoms with Crippen LogP contribution in [0.4, 0.5) is 5.69 Å². The highest BCUT2D eigenvalue weighted by molar-refractivity contribution is 7.80. The molecule has 3 N–H and O–H groups in total. The van der Waals surface area contributed by atoms with Gasteiger partial charge < -0.3 is 9.47 Å². The third kappa shape index (κ3) is 8.19. The number of carbonyl (C=O) groups excluding carboxylic acids is 2. The lowest BCUT2D eigenvalue weighted by atomic mass is 9.87. The molecule has 32 heavy (non-hydrogen) atoms. The molecule has 170 valence electrons. The number of benzene rings is 2. The maximum absolute atomic E-state index is 11.9. The van der Waals surface area contributed by atoms with Crippen LogP contribution in [0.25, 0.3) is 0 Å². The molecule has 0 fully saturated rings. The number of ether oxygens (including phenoxy) is 2. The first-order chi connectivity index (χ1) is 15.0. The van der Waals surface area contributed by atoms with Gasteiger partial charge in [-0.2, -0.15) is 0 Å². The zero-order valence-electron chi connectivity index (χ0n) is 17.8. The van der Waals surface area contributed by atoms with E-state index in [0.717, 1.165) is 5.56 Å². The normalized spacial score (nSPS) is 10.6. The standard InChI is InChI=1S/C21H24N4O6S/c1-21(2,3)14-4-8-16(9-5-14)30-12-18(26)22-20(32)24-23-19(27)13-31-17-10-6-15(7-11-17)25(28)29/h4-11H,12-13H2,1-3H3,(H,23,27)(H2,22,24,26,32). The third-order valence-corrected chi connectivity index (χ3v) is 4.28. The van der Waals surface area contributed by atoms with Crippen molar-refractivity contribution in [2.45, 2.75) is 26.2 Å². The molecule has 2 aromatic carbocycles. The van der Waals surface area contributed by atoms with Gasteiger partial charge in [0.25, 0.3) is 17.5 Å². The zero-order chi connectivity index (χ0) is 23.7. The summed E-state index contributed by atoms with van der Waals surface area (Å²) in [7, 11) is 0. The fourth-order valence-electron chi connectivity index (χ4n) is 2.37. The van der Waals surface area contributed by atoms with E-state index < -0.39 is 16.7 Å². The number of nitrogens with zero attached hydrogens (tertiary/aromatic N) is 1. The highest BCUT2D eigenvalue weighted by atomic mass is 32.1. The lowest BCUT2D eigenvalue weighted by molar-refractivity contribution is -0.384. The van der Waals surface area contributed by atoms with E-state index in [1.54, 1.807) is 12.1 Å². The monoisotopic (exact) mass is 460 g/mol. The minimum absolute atomic E-state index is 0.0189. The summed E-state index contributed by atoms with van der Waals surface area (Å²) in [6.45, 7) is 5.68. The average molecular weight is 461 g/mol. The van der Waals surface area contributed by atoms with Crippen molar-refractivity contribution in [2.24, 2.45) is 0 Å². The molecule has 0 heterocycles. The van der Waals surface area contributed by atoms with Crippen molar-refractivity contribution < 1.29 is 24.0 Å². The van der Waals surface area contributed by atoms with Crippen molar-refractivity contribution in [1.29, 1.82) is 0 Å². The fourth-order valence-corrected chi connectivity index (χ4v) is 2.53. The van der Waals surface area contributed by atoms with Gasteiger partial charge in [-0.15, -0.1) is 0 Å². The minimum atomic E-state index is -0.574. The van der Waals surface area contributed by atoms with E-state index >= 15 is 0 Å². The van der Waals surface area contributed by atoms with Crippen LogP contribution in [0.15, 0.2) is 48.5 Å². The molecule has 11 heteroatoms. The molecule has 0 aliphatic carbocycles. The Morgan fingerprint density at radius 2 is 1.41 bits per heavy atom. The number of hydrazine groups is 1. The quantitative estimate of drug-likeness (QED) is 0.326. The van der Waals surface area contributed by atoms with Crippen LogP contribution in [0.5, 0.6) is 11.5 Å². The van der Waals surface area contributed by atoms with Crippen molar-refractivity contribution in [2.75, 3.05) is 13.2 Å². The van der Waals surface area contributed by atoms with E-state index in [1.165, 1.54) is 24.3 Å². The molecule has 10 nitrogen and oxygen atoms in total. The number of hydrogen-bond acceptors (Lipinski definition) is 7. The molecule has 2 aromatic rings. The minimum Gasteiger partial charge on any atom is -0.484 e. The van der Waals surface area contributed by atoms with Crippen LogP contribution >= 0.6 is 12.2 Å². The first kappa shape index (κ1) is 24.5. The molecule has 0 radical (unpaired) electrons. The van der Waals surface area contributed by atoms with Gasteiger partial charge in [0.1, 0.15) is 11.5 Å². The molecule has 0 spiro atoms. The zero-order valence-corrected chi connectivity index (χ0v) is 18.7. The summed E-state index contributed by atoms with van der Waals surface area (Å²) in [5, 5.41) is 12.9. The van der Waals surface area contributed by atoms with Gasteiger partial charge in [-0.3, -0.25) is 35.9 Å². The number of rotatable bonds is 7. The number of amides is 2. The predicted octanol–water partition coefficient (Wildman–Crippen LogP) is 2.37. The molecule has 2 amide bonds. The lowest BCUT2D eigenvalue weighted by Crippen LogP contribution is -2.50. The van der Waals surface area contributed by atoms with Crippen LogP contribution in [0.1, 0.15) is 26.3 Å². The maximum atomic E-state index is 11.9. The average Bonchev–Trinajstić information content (AvgIpc) is 2.74. The molecule has 0 bridgehead atoms. The van der Waals surface area contributed by atoms with Gasteiger partial charge in [0.2, 0.25) is 0 Å². The number of carbonyl (C=O) groups is 2. The highest BCUT2D eigenvalue weighted by Gasteiger charge is 2.13. The number of nitro benzene ring substituents is 1. The number of hydrogen-bond donors (Lipinski definition) is 3. The van der Waals surface area contributed by atoms with Crippen molar-refractivity contribution in [3.63, 3.8) is 0 Å². The summed E-state index contributed by atoms with van der Waals surface area (Å²) in [4.78, 5) is 33.8. The third-order valence-electron chi connectivity index (χ3n) is 4.08. The van der Waals surface area contributed by atoms with E-state index in [-0.39, 0.29) is 35.2 Å². The fraction of sp³-hybridized carbons (Fsp3) is 0.286. The lowest BCUT2D eigenvalue weighted by Gasteiger charge is -2.19. The summed E-state index contributed by atoms with van der Waals surface area (Å²) in [5.74, 6) is -0.244. The van der Waals surface area contributed by atoms with Crippen LogP contribution < -0.4 is 25.6 Å². The van der Waals surface area contributed by atoms with Gasteiger partial charge in [-0.05, 0) is 47.5 Å². The van der Waals surface area contributed by atoms with Crippen molar-refractivity contribution >= 4 is 34.8 Å². The molecular formula is C21H24N4O6S. The number of nitrogens with one attached hydrogen (secondary N) is 3. The van der Waals surface area contributed by atoms with Crippen molar-refractivity contribution in [3.8, 4) is 11.5 Å². The topological polar surface area (TPSA) is 132 Å². The Morgan fingerprint density at radius 1 is 0.906 bits per heavy atom. The van der Waals surface area contributed by atoms with Gasteiger partial charge in [0.15, 0.2) is 18.3 Å². The van der Waals surface area contributed by atoms with Gasteiger partial charge in [0, 0.05) is 12.1 Å². The Bertz CT molecular complexity index is 971. The highest BCUT2D eigenvalue weighted by Crippen LogP contribution is 2.24. The van der Waals surface area contributed by atoms with Crippen LogP contribution in [0, 0.1) is 10.1 Å². The van der Waals surface area contributed by atoms with Crippen LogP contribution in [-0.2, 0) is 15.0 Å².